The molecule has 108 valence electrons. The van der Waals surface area contributed by atoms with Gasteiger partial charge in [0.1, 0.15) is 5.69 Å². The molecule has 0 amide bonds. The van der Waals surface area contributed by atoms with Crippen LogP contribution in [0.5, 0.6) is 0 Å². The molecule has 0 radical (unpaired) electrons. The second kappa shape index (κ2) is 4.65. The van der Waals surface area contributed by atoms with Crippen LogP contribution in [0.25, 0.3) is 10.9 Å². The molecular formula is C13H10F3N5. The smallest absolute Gasteiger partial charge is 0.396 e. The first-order valence-electron chi connectivity index (χ1n) is 5.97. The molecule has 2 aromatic heterocycles. The molecule has 2 heterocycles. The van der Waals surface area contributed by atoms with Gasteiger partial charge in [0.05, 0.1) is 17.4 Å². The number of nitrogens with zero attached hydrogens (tertiary/aromatic N) is 2. The van der Waals surface area contributed by atoms with E-state index in [1.165, 1.54) is 6.07 Å². The van der Waals surface area contributed by atoms with Crippen LogP contribution in [0, 0.1) is 0 Å². The summed E-state index contributed by atoms with van der Waals surface area (Å²) >= 11 is 0. The number of aromatic amines is 1. The maximum absolute atomic E-state index is 12.7. The fourth-order valence-corrected chi connectivity index (χ4v) is 1.89. The van der Waals surface area contributed by atoms with Crippen molar-refractivity contribution in [3.63, 3.8) is 0 Å². The van der Waals surface area contributed by atoms with Gasteiger partial charge in [0.2, 0.25) is 0 Å². The van der Waals surface area contributed by atoms with Gasteiger partial charge in [-0.25, -0.2) is 4.98 Å². The molecule has 3 rings (SSSR count). The monoisotopic (exact) mass is 293 g/mol. The van der Waals surface area contributed by atoms with Gasteiger partial charge in [0, 0.05) is 11.1 Å². The summed E-state index contributed by atoms with van der Waals surface area (Å²) in [5, 5.41) is 10.3. The molecule has 0 atom stereocenters. The van der Waals surface area contributed by atoms with E-state index in [9.17, 15) is 13.2 Å². The number of aromatic nitrogens is 3. The van der Waals surface area contributed by atoms with E-state index in [0.717, 1.165) is 17.0 Å². The molecule has 5 nitrogen and oxygen atoms in total. The van der Waals surface area contributed by atoms with Crippen molar-refractivity contribution in [2.75, 3.05) is 11.1 Å². The molecule has 8 heteroatoms. The molecule has 4 N–H and O–H groups in total. The Balaban J connectivity index is 1.96. The maximum atomic E-state index is 12.7. The summed E-state index contributed by atoms with van der Waals surface area (Å²) < 4.78 is 38.0. The van der Waals surface area contributed by atoms with Crippen LogP contribution in [-0.4, -0.2) is 15.2 Å². The first-order valence-corrected chi connectivity index (χ1v) is 5.97. The van der Waals surface area contributed by atoms with Crippen molar-refractivity contribution >= 4 is 28.1 Å². The Morgan fingerprint density at radius 2 is 1.95 bits per heavy atom. The van der Waals surface area contributed by atoms with E-state index >= 15 is 0 Å². The third-order valence-corrected chi connectivity index (χ3v) is 2.92. The van der Waals surface area contributed by atoms with Crippen molar-refractivity contribution in [1.29, 1.82) is 0 Å². The predicted octanol–water partition coefficient (Wildman–Crippen LogP) is 3.30. The van der Waals surface area contributed by atoms with Crippen LogP contribution in [0.15, 0.2) is 36.5 Å². The first-order chi connectivity index (χ1) is 9.93. The minimum atomic E-state index is -4.52. The molecule has 0 spiro atoms. The quantitative estimate of drug-likeness (QED) is 0.677. The number of halogens is 3. The lowest BCUT2D eigenvalue weighted by atomic mass is 10.2. The summed E-state index contributed by atoms with van der Waals surface area (Å²) in [7, 11) is 0. The van der Waals surface area contributed by atoms with Gasteiger partial charge in [-0.2, -0.15) is 18.3 Å². The molecule has 1 aromatic carbocycles. The molecule has 21 heavy (non-hydrogen) atoms. The first kappa shape index (κ1) is 13.2. The van der Waals surface area contributed by atoms with E-state index in [1.807, 2.05) is 0 Å². The number of nitrogens with one attached hydrogen (secondary N) is 2. The van der Waals surface area contributed by atoms with Crippen LogP contribution in [0.4, 0.5) is 30.4 Å². The van der Waals surface area contributed by atoms with Crippen LogP contribution in [0.3, 0.4) is 0 Å². The lowest BCUT2D eigenvalue weighted by Gasteiger charge is -2.12. The molecule has 0 bridgehead atoms. The summed E-state index contributed by atoms with van der Waals surface area (Å²) in [6, 6.07) is 7.21. The highest BCUT2D eigenvalue weighted by molar-refractivity contribution is 5.83. The molecule has 0 aliphatic rings. The zero-order chi connectivity index (χ0) is 15.0. The van der Waals surface area contributed by atoms with E-state index in [2.05, 4.69) is 20.5 Å². The molecule has 0 saturated carbocycles. The average Bonchev–Trinajstić information content (AvgIpc) is 2.87. The normalized spacial score (nSPS) is 11.8. The van der Waals surface area contributed by atoms with Gasteiger partial charge in [0.25, 0.3) is 0 Å². The van der Waals surface area contributed by atoms with Gasteiger partial charge in [-0.05, 0) is 30.3 Å². The highest BCUT2D eigenvalue weighted by atomic mass is 19.4. The number of alkyl halides is 3. The number of hydrogen-bond acceptors (Lipinski definition) is 4. The number of nitrogens with two attached hydrogens (primary N) is 1. The summed E-state index contributed by atoms with van der Waals surface area (Å²) in [4.78, 5) is 3.52. The molecule has 0 aliphatic heterocycles. The van der Waals surface area contributed by atoms with Crippen molar-refractivity contribution in [3.8, 4) is 0 Å². The van der Waals surface area contributed by atoms with Crippen molar-refractivity contribution < 1.29 is 13.2 Å². The van der Waals surface area contributed by atoms with Gasteiger partial charge in [0.15, 0.2) is 5.82 Å². The number of benzene rings is 1. The van der Waals surface area contributed by atoms with Gasteiger partial charge in [-0.15, -0.1) is 0 Å². The van der Waals surface area contributed by atoms with Crippen molar-refractivity contribution in [3.05, 3.63) is 42.2 Å². The Kier molecular flexibility index (Phi) is 2.93. The minimum Gasteiger partial charge on any atom is -0.396 e. The van der Waals surface area contributed by atoms with E-state index in [0.29, 0.717) is 5.69 Å². The Bertz CT molecular complexity index is 794. The van der Waals surface area contributed by atoms with Crippen molar-refractivity contribution in [2.24, 2.45) is 0 Å². The molecular weight excluding hydrogens is 283 g/mol. The number of rotatable bonds is 2. The molecule has 3 aromatic rings. The minimum absolute atomic E-state index is 0.0346. The summed E-state index contributed by atoms with van der Waals surface area (Å²) in [6.07, 6.45) is -2.90. The van der Waals surface area contributed by atoms with Crippen molar-refractivity contribution in [2.45, 2.75) is 6.18 Å². The second-order valence-electron chi connectivity index (χ2n) is 4.43. The molecule has 0 fully saturated rings. The zero-order valence-corrected chi connectivity index (χ0v) is 10.6. The fraction of sp³-hybridized carbons (Fsp3) is 0.0769. The second-order valence-corrected chi connectivity index (χ2v) is 4.43. The van der Waals surface area contributed by atoms with Crippen LogP contribution >= 0.6 is 0 Å². The van der Waals surface area contributed by atoms with Gasteiger partial charge in [-0.1, -0.05) is 0 Å². The molecule has 0 unspecified atom stereocenters. The lowest BCUT2D eigenvalue weighted by Crippen LogP contribution is -2.10. The molecule has 0 saturated heterocycles. The number of pyridine rings is 1. The van der Waals surface area contributed by atoms with Crippen molar-refractivity contribution in [1.82, 2.24) is 15.2 Å². The van der Waals surface area contributed by atoms with Gasteiger partial charge >= 0.3 is 6.18 Å². The zero-order valence-electron chi connectivity index (χ0n) is 10.6. The lowest BCUT2D eigenvalue weighted by molar-refractivity contribution is -0.141. The van der Waals surface area contributed by atoms with Crippen LogP contribution in [-0.2, 0) is 6.18 Å². The van der Waals surface area contributed by atoms with Crippen LogP contribution < -0.4 is 11.1 Å². The average molecular weight is 293 g/mol. The standard InChI is InChI=1S/C13H10F3N5/c14-13(15,16)11-4-2-9(17)12(20-11)19-8-1-3-10-7(5-8)6-18-21-10/h1-6H,17H2,(H,18,21)(H,19,20). The predicted molar refractivity (Wildman–Crippen MR) is 73.0 cm³/mol. The summed E-state index contributed by atoms with van der Waals surface area (Å²) in [5.74, 6) is -0.0346. The van der Waals surface area contributed by atoms with E-state index in [4.69, 9.17) is 5.73 Å². The highest BCUT2D eigenvalue weighted by Gasteiger charge is 2.32. The fourth-order valence-electron chi connectivity index (χ4n) is 1.89. The van der Waals surface area contributed by atoms with Gasteiger partial charge < -0.3 is 11.1 Å². The number of anilines is 3. The Morgan fingerprint density at radius 1 is 1.14 bits per heavy atom. The summed E-state index contributed by atoms with van der Waals surface area (Å²) in [5.41, 5.74) is 6.20. The van der Waals surface area contributed by atoms with Crippen LogP contribution in [0.2, 0.25) is 0 Å². The van der Waals surface area contributed by atoms with Crippen LogP contribution in [0.1, 0.15) is 5.69 Å². The SMILES string of the molecule is Nc1ccc(C(F)(F)F)nc1Nc1ccc2[nH]ncc2c1. The Labute approximate surface area is 117 Å². The largest absolute Gasteiger partial charge is 0.433 e. The number of hydrogen-bond donors (Lipinski definition) is 3. The number of fused-ring (bicyclic) bond motifs is 1. The molecule has 0 aliphatic carbocycles. The van der Waals surface area contributed by atoms with E-state index in [-0.39, 0.29) is 11.5 Å². The third kappa shape index (κ3) is 2.60. The number of H-pyrrole nitrogens is 1. The highest BCUT2D eigenvalue weighted by Crippen LogP contribution is 2.31. The van der Waals surface area contributed by atoms with E-state index < -0.39 is 11.9 Å². The summed E-state index contributed by atoms with van der Waals surface area (Å²) in [6.45, 7) is 0. The number of nitrogen functional groups attached to an aromatic ring is 1. The maximum Gasteiger partial charge on any atom is 0.433 e. The topological polar surface area (TPSA) is 79.6 Å². The van der Waals surface area contributed by atoms with Gasteiger partial charge in [-0.3, -0.25) is 5.10 Å². The third-order valence-electron chi connectivity index (χ3n) is 2.92. The van der Waals surface area contributed by atoms with E-state index in [1.54, 1.807) is 24.4 Å². The Hall–Kier alpha value is -2.77. The Morgan fingerprint density at radius 3 is 2.71 bits per heavy atom.